The molecule has 148 valence electrons. The smallest absolute Gasteiger partial charge is 0.353 e. The lowest BCUT2D eigenvalue weighted by Gasteiger charge is -2.36. The molecular formula is C20H19ClN6O2. The van der Waals surface area contributed by atoms with Crippen LogP contribution in [-0.4, -0.2) is 41.1 Å². The fraction of sp³-hybridized carbons (Fsp3) is 0.200. The maximum Gasteiger partial charge on any atom is 0.353 e. The first-order chi connectivity index (χ1) is 14.1. The lowest BCUT2D eigenvalue weighted by atomic mass is 10.2. The van der Waals surface area contributed by atoms with Crippen LogP contribution in [0.5, 0.6) is 0 Å². The number of nitrogens with zero attached hydrogens (tertiary/aromatic N) is 5. The standard InChI is InChI=1S/C20H19ClN6O2/c21-15-5-4-8-17(13-15)25-9-11-26(12-10-25)20-18(27(28)29)19(22-14-23-20)24-16-6-2-1-3-7-16/h1-8,13-14H,9-12H2,(H,22,23,24). The average Bonchev–Trinajstić information content (AvgIpc) is 2.74. The number of piperazine rings is 1. The lowest BCUT2D eigenvalue weighted by molar-refractivity contribution is -0.383. The largest absolute Gasteiger partial charge is 0.368 e. The van der Waals surface area contributed by atoms with Gasteiger partial charge in [-0.3, -0.25) is 10.1 Å². The summed E-state index contributed by atoms with van der Waals surface area (Å²) in [6.45, 7) is 2.64. The van der Waals surface area contributed by atoms with Gasteiger partial charge < -0.3 is 15.1 Å². The summed E-state index contributed by atoms with van der Waals surface area (Å²) in [7, 11) is 0. The summed E-state index contributed by atoms with van der Waals surface area (Å²) in [4.78, 5) is 23.9. The zero-order chi connectivity index (χ0) is 20.2. The molecule has 1 aliphatic rings. The van der Waals surface area contributed by atoms with E-state index in [-0.39, 0.29) is 11.5 Å². The number of benzene rings is 2. The summed E-state index contributed by atoms with van der Waals surface area (Å²) < 4.78 is 0. The van der Waals surface area contributed by atoms with Crippen molar-refractivity contribution < 1.29 is 4.92 Å². The van der Waals surface area contributed by atoms with Gasteiger partial charge in [0.2, 0.25) is 11.6 Å². The molecule has 2 heterocycles. The van der Waals surface area contributed by atoms with Crippen molar-refractivity contribution in [1.82, 2.24) is 9.97 Å². The van der Waals surface area contributed by atoms with Gasteiger partial charge >= 0.3 is 5.69 Å². The molecule has 0 saturated carbocycles. The van der Waals surface area contributed by atoms with E-state index in [1.54, 1.807) is 0 Å². The first-order valence-corrected chi connectivity index (χ1v) is 9.56. The average molecular weight is 411 g/mol. The Morgan fingerprint density at radius 1 is 0.966 bits per heavy atom. The Morgan fingerprint density at radius 2 is 1.69 bits per heavy atom. The van der Waals surface area contributed by atoms with Crippen LogP contribution >= 0.6 is 11.6 Å². The molecule has 0 radical (unpaired) electrons. The zero-order valence-corrected chi connectivity index (χ0v) is 16.3. The molecule has 1 N–H and O–H groups in total. The van der Waals surface area contributed by atoms with Crippen LogP contribution in [0.4, 0.5) is 28.7 Å². The third-order valence-electron chi connectivity index (χ3n) is 4.77. The van der Waals surface area contributed by atoms with Crippen LogP contribution in [0, 0.1) is 10.1 Å². The molecule has 1 aliphatic heterocycles. The third kappa shape index (κ3) is 4.22. The molecule has 3 aromatic rings. The van der Waals surface area contributed by atoms with Crippen LogP contribution in [0.25, 0.3) is 0 Å². The van der Waals surface area contributed by atoms with Gasteiger partial charge in [0, 0.05) is 42.6 Å². The van der Waals surface area contributed by atoms with E-state index >= 15 is 0 Å². The van der Waals surface area contributed by atoms with Crippen LogP contribution in [0.15, 0.2) is 60.9 Å². The van der Waals surface area contributed by atoms with Crippen LogP contribution in [0.3, 0.4) is 0 Å². The molecule has 2 aromatic carbocycles. The van der Waals surface area contributed by atoms with E-state index in [1.165, 1.54) is 6.33 Å². The topological polar surface area (TPSA) is 87.4 Å². The normalized spacial score (nSPS) is 14.0. The Bertz CT molecular complexity index is 1010. The Hall–Kier alpha value is -3.39. The van der Waals surface area contributed by atoms with E-state index in [9.17, 15) is 10.1 Å². The lowest BCUT2D eigenvalue weighted by Crippen LogP contribution is -2.47. The van der Waals surface area contributed by atoms with Gasteiger partial charge in [0.25, 0.3) is 0 Å². The second-order valence-electron chi connectivity index (χ2n) is 6.60. The third-order valence-corrected chi connectivity index (χ3v) is 5.01. The van der Waals surface area contributed by atoms with Crippen molar-refractivity contribution in [2.45, 2.75) is 0 Å². The number of hydrogen-bond acceptors (Lipinski definition) is 7. The van der Waals surface area contributed by atoms with Gasteiger partial charge in [0.15, 0.2) is 0 Å². The van der Waals surface area contributed by atoms with Gasteiger partial charge in [-0.15, -0.1) is 0 Å². The minimum absolute atomic E-state index is 0.118. The quantitative estimate of drug-likeness (QED) is 0.500. The van der Waals surface area contributed by atoms with Crippen LogP contribution in [0.2, 0.25) is 5.02 Å². The van der Waals surface area contributed by atoms with Gasteiger partial charge in [-0.25, -0.2) is 9.97 Å². The number of para-hydroxylation sites is 1. The molecule has 8 nitrogen and oxygen atoms in total. The predicted octanol–water partition coefficient (Wildman–Crippen LogP) is 4.11. The minimum atomic E-state index is -0.427. The van der Waals surface area contributed by atoms with E-state index in [4.69, 9.17) is 11.6 Å². The van der Waals surface area contributed by atoms with Crippen molar-refractivity contribution in [3.8, 4) is 0 Å². The maximum absolute atomic E-state index is 11.8. The van der Waals surface area contributed by atoms with Gasteiger partial charge in [-0.05, 0) is 30.3 Å². The highest BCUT2D eigenvalue weighted by molar-refractivity contribution is 6.30. The van der Waals surface area contributed by atoms with Gasteiger partial charge in [-0.2, -0.15) is 0 Å². The monoisotopic (exact) mass is 410 g/mol. The molecule has 0 aliphatic carbocycles. The van der Waals surface area contributed by atoms with Crippen molar-refractivity contribution in [3.05, 3.63) is 76.1 Å². The summed E-state index contributed by atoms with van der Waals surface area (Å²) in [5.74, 6) is 0.512. The van der Waals surface area contributed by atoms with E-state index in [2.05, 4.69) is 20.2 Å². The van der Waals surface area contributed by atoms with E-state index in [1.807, 2.05) is 59.5 Å². The van der Waals surface area contributed by atoms with Crippen molar-refractivity contribution in [1.29, 1.82) is 0 Å². The van der Waals surface area contributed by atoms with Crippen molar-refractivity contribution >= 4 is 40.3 Å². The summed E-state index contributed by atoms with van der Waals surface area (Å²) in [6.07, 6.45) is 1.36. The second kappa shape index (κ2) is 8.32. The number of halogens is 1. The van der Waals surface area contributed by atoms with E-state index < -0.39 is 4.92 Å². The van der Waals surface area contributed by atoms with E-state index in [0.717, 1.165) is 11.4 Å². The number of hydrogen-bond donors (Lipinski definition) is 1. The molecule has 4 rings (SSSR count). The van der Waals surface area contributed by atoms with Crippen LogP contribution in [0.1, 0.15) is 0 Å². The molecule has 0 atom stereocenters. The van der Waals surface area contributed by atoms with Crippen molar-refractivity contribution in [2.75, 3.05) is 41.3 Å². The Balaban J connectivity index is 1.56. The Morgan fingerprint density at radius 3 is 2.38 bits per heavy atom. The molecule has 29 heavy (non-hydrogen) atoms. The van der Waals surface area contributed by atoms with Gasteiger partial charge in [0.1, 0.15) is 6.33 Å². The van der Waals surface area contributed by atoms with Crippen LogP contribution in [-0.2, 0) is 0 Å². The summed E-state index contributed by atoms with van der Waals surface area (Å²) >= 11 is 6.09. The first kappa shape index (κ1) is 18.9. The molecule has 1 saturated heterocycles. The minimum Gasteiger partial charge on any atom is -0.368 e. The maximum atomic E-state index is 11.8. The van der Waals surface area contributed by atoms with E-state index in [0.29, 0.717) is 37.0 Å². The first-order valence-electron chi connectivity index (χ1n) is 9.19. The van der Waals surface area contributed by atoms with Crippen LogP contribution < -0.4 is 15.1 Å². The highest BCUT2D eigenvalue weighted by Gasteiger charge is 2.29. The number of anilines is 4. The number of aromatic nitrogens is 2. The second-order valence-corrected chi connectivity index (χ2v) is 7.03. The highest BCUT2D eigenvalue weighted by atomic mass is 35.5. The molecule has 0 amide bonds. The molecule has 1 fully saturated rings. The SMILES string of the molecule is O=[N+]([O-])c1c(Nc2ccccc2)ncnc1N1CCN(c2cccc(Cl)c2)CC1. The molecule has 0 spiro atoms. The molecule has 9 heteroatoms. The molecule has 0 bridgehead atoms. The van der Waals surface area contributed by atoms with Crippen molar-refractivity contribution in [2.24, 2.45) is 0 Å². The number of nitro groups is 1. The van der Waals surface area contributed by atoms with Crippen molar-refractivity contribution in [3.63, 3.8) is 0 Å². The van der Waals surface area contributed by atoms with Gasteiger partial charge in [0.05, 0.1) is 4.92 Å². The zero-order valence-electron chi connectivity index (χ0n) is 15.5. The fourth-order valence-electron chi connectivity index (χ4n) is 3.37. The molecule has 1 aromatic heterocycles. The Kier molecular flexibility index (Phi) is 5.44. The molecular weight excluding hydrogens is 392 g/mol. The number of rotatable bonds is 5. The summed E-state index contributed by atoms with van der Waals surface area (Å²) in [6, 6.07) is 16.9. The molecule has 0 unspecified atom stereocenters. The fourth-order valence-corrected chi connectivity index (χ4v) is 3.55. The summed E-state index contributed by atoms with van der Waals surface area (Å²) in [5.41, 5.74) is 1.65. The highest BCUT2D eigenvalue weighted by Crippen LogP contribution is 2.34. The summed E-state index contributed by atoms with van der Waals surface area (Å²) in [5, 5.41) is 15.6. The Labute approximate surface area is 172 Å². The van der Waals surface area contributed by atoms with Gasteiger partial charge in [-0.1, -0.05) is 35.9 Å². The number of nitrogens with one attached hydrogen (secondary N) is 1. The predicted molar refractivity (Wildman–Crippen MR) is 114 cm³/mol.